The molecule has 0 spiro atoms. The highest BCUT2D eigenvalue weighted by Crippen LogP contribution is 2.20. The van der Waals surface area contributed by atoms with Crippen molar-refractivity contribution < 1.29 is 9.21 Å². The van der Waals surface area contributed by atoms with Crippen LogP contribution in [0, 0.1) is 6.92 Å². The van der Waals surface area contributed by atoms with Crippen molar-refractivity contribution in [3.63, 3.8) is 0 Å². The van der Waals surface area contributed by atoms with E-state index in [0.717, 1.165) is 17.5 Å². The molecule has 5 nitrogen and oxygen atoms in total. The fraction of sp³-hybridized carbons (Fsp3) is 0.308. The van der Waals surface area contributed by atoms with Gasteiger partial charge in [0.1, 0.15) is 0 Å². The summed E-state index contributed by atoms with van der Waals surface area (Å²) < 4.78 is 5.39. The number of aromatic nitrogens is 2. The first-order valence-electron chi connectivity index (χ1n) is 5.89. The first kappa shape index (κ1) is 12.3. The van der Waals surface area contributed by atoms with Crippen molar-refractivity contribution in [1.29, 1.82) is 0 Å². The molecule has 0 aliphatic carbocycles. The van der Waals surface area contributed by atoms with E-state index in [1.54, 1.807) is 0 Å². The molecular weight excluding hydrogens is 230 g/mol. The van der Waals surface area contributed by atoms with E-state index in [4.69, 9.17) is 4.42 Å². The fourth-order valence-electron chi connectivity index (χ4n) is 1.58. The van der Waals surface area contributed by atoms with E-state index in [0.29, 0.717) is 12.3 Å². The second-order valence-electron chi connectivity index (χ2n) is 4.08. The van der Waals surface area contributed by atoms with E-state index in [1.807, 2.05) is 38.1 Å². The van der Waals surface area contributed by atoms with E-state index in [-0.39, 0.29) is 11.9 Å². The predicted octanol–water partition coefficient (Wildman–Crippen LogP) is 2.78. The van der Waals surface area contributed by atoms with Crippen molar-refractivity contribution in [3.8, 4) is 11.5 Å². The van der Waals surface area contributed by atoms with Crippen LogP contribution in [0.25, 0.3) is 11.5 Å². The molecular formula is C13H15N3O2. The van der Waals surface area contributed by atoms with E-state index in [9.17, 15) is 4.79 Å². The molecule has 18 heavy (non-hydrogen) atoms. The second kappa shape index (κ2) is 5.44. The summed E-state index contributed by atoms with van der Waals surface area (Å²) in [6, 6.07) is 7.89. The van der Waals surface area contributed by atoms with E-state index < -0.39 is 0 Å². The van der Waals surface area contributed by atoms with Gasteiger partial charge in [0.05, 0.1) is 0 Å². The van der Waals surface area contributed by atoms with Gasteiger partial charge in [-0.05, 0) is 25.5 Å². The Kier molecular flexibility index (Phi) is 3.72. The Morgan fingerprint density at radius 1 is 1.39 bits per heavy atom. The summed E-state index contributed by atoms with van der Waals surface area (Å²) >= 11 is 0. The van der Waals surface area contributed by atoms with Gasteiger partial charge in [-0.15, -0.1) is 5.10 Å². The number of rotatable bonds is 4. The molecule has 0 fully saturated rings. The molecule has 0 atom stereocenters. The Morgan fingerprint density at radius 2 is 2.22 bits per heavy atom. The molecule has 1 N–H and O–H groups in total. The van der Waals surface area contributed by atoms with Gasteiger partial charge in [-0.1, -0.05) is 29.7 Å². The Bertz CT molecular complexity index is 549. The molecule has 2 rings (SSSR count). The zero-order valence-corrected chi connectivity index (χ0v) is 10.4. The number of benzene rings is 1. The van der Waals surface area contributed by atoms with Gasteiger partial charge in [0.15, 0.2) is 0 Å². The molecule has 0 saturated heterocycles. The van der Waals surface area contributed by atoms with Crippen LogP contribution in [0.3, 0.4) is 0 Å². The maximum absolute atomic E-state index is 11.4. The van der Waals surface area contributed by atoms with Gasteiger partial charge >= 0.3 is 6.01 Å². The molecule has 1 amide bonds. The Balaban J connectivity index is 2.13. The minimum Gasteiger partial charge on any atom is -0.403 e. The Morgan fingerprint density at radius 3 is 2.94 bits per heavy atom. The lowest BCUT2D eigenvalue weighted by Crippen LogP contribution is -2.10. The number of anilines is 1. The summed E-state index contributed by atoms with van der Waals surface area (Å²) in [5.74, 6) is 0.294. The Labute approximate surface area is 105 Å². The number of nitrogens with one attached hydrogen (secondary N) is 1. The highest BCUT2D eigenvalue weighted by Gasteiger charge is 2.10. The van der Waals surface area contributed by atoms with Crippen LogP contribution >= 0.6 is 0 Å². The number of hydrogen-bond acceptors (Lipinski definition) is 4. The molecule has 0 unspecified atom stereocenters. The van der Waals surface area contributed by atoms with Crippen molar-refractivity contribution in [1.82, 2.24) is 10.2 Å². The lowest BCUT2D eigenvalue weighted by atomic mass is 10.1. The molecule has 94 valence electrons. The van der Waals surface area contributed by atoms with Crippen molar-refractivity contribution in [2.45, 2.75) is 26.7 Å². The second-order valence-corrected chi connectivity index (χ2v) is 4.08. The van der Waals surface area contributed by atoms with Gasteiger partial charge in [-0.25, -0.2) is 0 Å². The summed E-state index contributed by atoms with van der Waals surface area (Å²) in [7, 11) is 0. The predicted molar refractivity (Wildman–Crippen MR) is 68.0 cm³/mol. The van der Waals surface area contributed by atoms with Gasteiger partial charge in [0, 0.05) is 12.0 Å². The van der Waals surface area contributed by atoms with Gasteiger partial charge in [0.2, 0.25) is 11.8 Å². The van der Waals surface area contributed by atoms with Crippen LogP contribution in [0.1, 0.15) is 25.3 Å². The van der Waals surface area contributed by atoms with E-state index in [2.05, 4.69) is 15.5 Å². The maximum atomic E-state index is 11.4. The van der Waals surface area contributed by atoms with Crippen molar-refractivity contribution >= 4 is 11.9 Å². The minimum atomic E-state index is -0.114. The summed E-state index contributed by atoms with van der Waals surface area (Å²) in [5.41, 5.74) is 1.96. The number of carbonyl (C=O) groups is 1. The monoisotopic (exact) mass is 245 g/mol. The average Bonchev–Trinajstić information content (AvgIpc) is 2.78. The summed E-state index contributed by atoms with van der Waals surface area (Å²) in [6.07, 6.45) is 1.23. The number of hydrogen-bond donors (Lipinski definition) is 1. The molecule has 1 aromatic heterocycles. The normalized spacial score (nSPS) is 10.3. The fourth-order valence-corrected chi connectivity index (χ4v) is 1.58. The van der Waals surface area contributed by atoms with Crippen molar-refractivity contribution in [3.05, 3.63) is 29.8 Å². The molecule has 0 aliphatic rings. The molecule has 5 heteroatoms. The first-order chi connectivity index (χ1) is 8.69. The minimum absolute atomic E-state index is 0.114. The van der Waals surface area contributed by atoms with Crippen LogP contribution < -0.4 is 5.32 Å². The summed E-state index contributed by atoms with van der Waals surface area (Å²) in [6.45, 7) is 3.93. The highest BCUT2D eigenvalue weighted by atomic mass is 16.4. The topological polar surface area (TPSA) is 68.0 Å². The lowest BCUT2D eigenvalue weighted by molar-refractivity contribution is -0.116. The quantitative estimate of drug-likeness (QED) is 0.899. The average molecular weight is 245 g/mol. The van der Waals surface area contributed by atoms with Gasteiger partial charge in [-0.3, -0.25) is 10.1 Å². The third-order valence-corrected chi connectivity index (χ3v) is 2.41. The van der Waals surface area contributed by atoms with Gasteiger partial charge < -0.3 is 4.42 Å². The van der Waals surface area contributed by atoms with Crippen LogP contribution in [0.5, 0.6) is 0 Å². The summed E-state index contributed by atoms with van der Waals surface area (Å²) in [4.78, 5) is 11.4. The molecule has 1 heterocycles. The van der Waals surface area contributed by atoms with Crippen LogP contribution in [0.2, 0.25) is 0 Å². The van der Waals surface area contributed by atoms with Crippen molar-refractivity contribution in [2.75, 3.05) is 5.32 Å². The zero-order valence-electron chi connectivity index (χ0n) is 10.4. The van der Waals surface area contributed by atoms with Crippen LogP contribution in [0.4, 0.5) is 6.01 Å². The molecule has 0 saturated carbocycles. The van der Waals surface area contributed by atoms with Crippen molar-refractivity contribution in [2.24, 2.45) is 0 Å². The highest BCUT2D eigenvalue weighted by molar-refractivity contribution is 5.88. The Hall–Kier alpha value is -2.17. The number of nitrogens with zero attached hydrogens (tertiary/aromatic N) is 2. The lowest BCUT2D eigenvalue weighted by Gasteiger charge is -1.97. The number of carbonyl (C=O) groups excluding carboxylic acids is 1. The zero-order chi connectivity index (χ0) is 13.0. The van der Waals surface area contributed by atoms with Crippen LogP contribution in [-0.4, -0.2) is 16.1 Å². The smallest absolute Gasteiger partial charge is 0.322 e. The largest absolute Gasteiger partial charge is 0.403 e. The molecule has 2 aromatic rings. The molecule has 1 aromatic carbocycles. The van der Waals surface area contributed by atoms with Crippen LogP contribution in [-0.2, 0) is 4.79 Å². The summed E-state index contributed by atoms with van der Waals surface area (Å²) in [5, 5.41) is 10.3. The van der Waals surface area contributed by atoms with Crippen LogP contribution in [0.15, 0.2) is 28.7 Å². The molecule has 0 bridgehead atoms. The third kappa shape index (κ3) is 2.94. The maximum Gasteiger partial charge on any atom is 0.322 e. The van der Waals surface area contributed by atoms with E-state index in [1.165, 1.54) is 0 Å². The third-order valence-electron chi connectivity index (χ3n) is 2.41. The van der Waals surface area contributed by atoms with Gasteiger partial charge in [-0.2, -0.15) is 0 Å². The first-order valence-corrected chi connectivity index (χ1v) is 5.89. The SMILES string of the molecule is CCCC(=O)Nc1nnc(-c2cccc(C)c2)o1. The molecule has 0 radical (unpaired) electrons. The molecule has 0 aliphatic heterocycles. The standard InChI is InChI=1S/C13H15N3O2/c1-3-5-11(17)14-13-16-15-12(18-13)10-7-4-6-9(2)8-10/h4,6-8H,3,5H2,1-2H3,(H,14,16,17). The van der Waals surface area contributed by atoms with E-state index >= 15 is 0 Å². The number of amides is 1. The number of aryl methyl sites for hydroxylation is 1. The van der Waals surface area contributed by atoms with Gasteiger partial charge in [0.25, 0.3) is 0 Å².